The zero-order valence-electron chi connectivity index (χ0n) is 10.4. The van der Waals surface area contributed by atoms with Gasteiger partial charge in [0.1, 0.15) is 0 Å². The summed E-state index contributed by atoms with van der Waals surface area (Å²) >= 11 is 6.05. The fourth-order valence-corrected chi connectivity index (χ4v) is 1.73. The Balaban J connectivity index is 2.04. The van der Waals surface area contributed by atoms with Crippen molar-refractivity contribution in [3.63, 3.8) is 0 Å². The lowest BCUT2D eigenvalue weighted by molar-refractivity contribution is -0.143. The van der Waals surface area contributed by atoms with Crippen LogP contribution in [0.4, 0.5) is 0 Å². The van der Waals surface area contributed by atoms with Crippen LogP contribution in [0.2, 0.25) is 5.02 Å². The minimum Gasteiger partial charge on any atom is -0.466 e. The number of hydrogen-bond acceptors (Lipinski definition) is 5. The minimum absolute atomic E-state index is 0.214. The highest BCUT2D eigenvalue weighted by Gasteiger charge is 2.10. The van der Waals surface area contributed by atoms with Crippen LogP contribution in [-0.4, -0.2) is 32.8 Å². The van der Waals surface area contributed by atoms with Gasteiger partial charge in [0.05, 0.1) is 24.6 Å². The zero-order valence-corrected chi connectivity index (χ0v) is 11.2. The maximum atomic E-state index is 11.2. The molecule has 1 aromatic carbocycles. The fourth-order valence-electron chi connectivity index (χ4n) is 1.51. The predicted molar refractivity (Wildman–Crippen MR) is 69.5 cm³/mol. The van der Waals surface area contributed by atoms with E-state index in [1.54, 1.807) is 13.0 Å². The van der Waals surface area contributed by atoms with Gasteiger partial charge in [0.2, 0.25) is 5.82 Å². The van der Waals surface area contributed by atoms with Crippen LogP contribution in [-0.2, 0) is 16.1 Å². The molecule has 2 aromatic rings. The summed E-state index contributed by atoms with van der Waals surface area (Å²) in [4.78, 5) is 12.6. The van der Waals surface area contributed by atoms with Crippen LogP contribution in [0.3, 0.4) is 0 Å². The van der Waals surface area contributed by atoms with Crippen LogP contribution >= 0.6 is 11.6 Å². The molecule has 19 heavy (non-hydrogen) atoms. The van der Waals surface area contributed by atoms with Crippen molar-refractivity contribution in [1.29, 1.82) is 0 Å². The first-order valence-electron chi connectivity index (χ1n) is 5.89. The number of ether oxygens (including phenoxy) is 1. The zero-order chi connectivity index (χ0) is 13.7. The van der Waals surface area contributed by atoms with Crippen LogP contribution in [0, 0.1) is 0 Å². The fraction of sp³-hybridized carbons (Fsp3) is 0.333. The number of esters is 1. The molecule has 0 atom stereocenters. The number of hydrogen-bond donors (Lipinski definition) is 0. The number of benzene rings is 1. The second kappa shape index (κ2) is 6.29. The van der Waals surface area contributed by atoms with E-state index in [0.29, 0.717) is 29.6 Å². The normalized spacial score (nSPS) is 10.4. The standard InChI is InChI=1S/C12H13ClN4O2/c1-2-19-11(18)7-8-17-15-12(14-16-17)9-5-3-4-6-10(9)13/h3-6H,2,7-8H2,1H3. The topological polar surface area (TPSA) is 69.9 Å². The molecule has 0 spiro atoms. The molecule has 0 saturated carbocycles. The van der Waals surface area contributed by atoms with Gasteiger partial charge in [-0.1, -0.05) is 23.7 Å². The van der Waals surface area contributed by atoms with E-state index in [-0.39, 0.29) is 12.4 Å². The third kappa shape index (κ3) is 3.51. The summed E-state index contributed by atoms with van der Waals surface area (Å²) in [7, 11) is 0. The minimum atomic E-state index is -0.279. The van der Waals surface area contributed by atoms with E-state index >= 15 is 0 Å². The number of carbonyl (C=O) groups is 1. The highest BCUT2D eigenvalue weighted by atomic mass is 35.5. The number of halogens is 1. The number of nitrogens with zero attached hydrogens (tertiary/aromatic N) is 4. The van der Waals surface area contributed by atoms with Gasteiger partial charge < -0.3 is 4.74 Å². The second-order valence-corrected chi connectivity index (χ2v) is 4.15. The van der Waals surface area contributed by atoms with Crippen molar-refractivity contribution in [3.8, 4) is 11.4 Å². The van der Waals surface area contributed by atoms with Gasteiger partial charge in [-0.25, -0.2) is 0 Å². The average Bonchev–Trinajstić information content (AvgIpc) is 2.86. The Morgan fingerprint density at radius 1 is 1.42 bits per heavy atom. The maximum Gasteiger partial charge on any atom is 0.307 e. The Hall–Kier alpha value is -1.95. The monoisotopic (exact) mass is 280 g/mol. The van der Waals surface area contributed by atoms with Gasteiger partial charge in [0.15, 0.2) is 0 Å². The van der Waals surface area contributed by atoms with Crippen LogP contribution < -0.4 is 0 Å². The van der Waals surface area contributed by atoms with Crippen LogP contribution in [0.1, 0.15) is 13.3 Å². The molecular formula is C12H13ClN4O2. The number of rotatable bonds is 5. The van der Waals surface area contributed by atoms with Gasteiger partial charge in [0, 0.05) is 5.56 Å². The Kier molecular flexibility index (Phi) is 4.46. The van der Waals surface area contributed by atoms with E-state index in [9.17, 15) is 4.79 Å². The Bertz CT molecular complexity index is 570. The van der Waals surface area contributed by atoms with Crippen LogP contribution in [0.15, 0.2) is 24.3 Å². The van der Waals surface area contributed by atoms with E-state index < -0.39 is 0 Å². The highest BCUT2D eigenvalue weighted by molar-refractivity contribution is 6.33. The van der Waals surface area contributed by atoms with E-state index in [0.717, 1.165) is 0 Å². The predicted octanol–water partition coefficient (Wildman–Crippen LogP) is 1.95. The second-order valence-electron chi connectivity index (χ2n) is 3.74. The lowest BCUT2D eigenvalue weighted by Crippen LogP contribution is -2.11. The van der Waals surface area contributed by atoms with Gasteiger partial charge in [-0.05, 0) is 24.3 Å². The molecule has 6 nitrogen and oxygen atoms in total. The van der Waals surface area contributed by atoms with E-state index in [1.165, 1.54) is 4.80 Å². The third-order valence-corrected chi connectivity index (χ3v) is 2.72. The summed E-state index contributed by atoms with van der Waals surface area (Å²) in [6.07, 6.45) is 0.214. The first-order chi connectivity index (χ1) is 9.20. The molecule has 0 aliphatic carbocycles. The molecule has 2 rings (SSSR count). The molecule has 0 fully saturated rings. The number of tetrazole rings is 1. The van der Waals surface area contributed by atoms with Crippen molar-refractivity contribution in [3.05, 3.63) is 29.3 Å². The Morgan fingerprint density at radius 2 is 2.21 bits per heavy atom. The molecule has 1 heterocycles. The first-order valence-corrected chi connectivity index (χ1v) is 6.27. The molecule has 0 saturated heterocycles. The third-order valence-electron chi connectivity index (χ3n) is 2.39. The Morgan fingerprint density at radius 3 is 2.95 bits per heavy atom. The van der Waals surface area contributed by atoms with Gasteiger partial charge in [0.25, 0.3) is 0 Å². The van der Waals surface area contributed by atoms with Crippen molar-refractivity contribution in [2.24, 2.45) is 0 Å². The lowest BCUT2D eigenvalue weighted by Gasteiger charge is -2.00. The molecule has 0 N–H and O–H groups in total. The molecule has 100 valence electrons. The number of aryl methyl sites for hydroxylation is 1. The highest BCUT2D eigenvalue weighted by Crippen LogP contribution is 2.23. The maximum absolute atomic E-state index is 11.2. The van der Waals surface area contributed by atoms with E-state index in [1.807, 2.05) is 18.2 Å². The summed E-state index contributed by atoms with van der Waals surface area (Å²) in [6.45, 7) is 2.46. The molecule has 7 heteroatoms. The quantitative estimate of drug-likeness (QED) is 0.783. The summed E-state index contributed by atoms with van der Waals surface area (Å²) < 4.78 is 4.82. The molecule has 0 radical (unpaired) electrons. The van der Waals surface area contributed by atoms with E-state index in [2.05, 4.69) is 15.4 Å². The molecule has 0 aliphatic heterocycles. The lowest BCUT2D eigenvalue weighted by atomic mass is 10.2. The summed E-state index contributed by atoms with van der Waals surface area (Å²) in [6, 6.07) is 7.25. The molecule has 0 bridgehead atoms. The van der Waals surface area contributed by atoms with Crippen molar-refractivity contribution >= 4 is 17.6 Å². The smallest absolute Gasteiger partial charge is 0.307 e. The summed E-state index contributed by atoms with van der Waals surface area (Å²) in [5.74, 6) is 0.161. The van der Waals surface area contributed by atoms with Gasteiger partial charge in [-0.3, -0.25) is 4.79 Å². The van der Waals surface area contributed by atoms with Crippen LogP contribution in [0.5, 0.6) is 0 Å². The van der Waals surface area contributed by atoms with Crippen molar-refractivity contribution in [2.75, 3.05) is 6.61 Å². The van der Waals surface area contributed by atoms with E-state index in [4.69, 9.17) is 16.3 Å². The van der Waals surface area contributed by atoms with Gasteiger partial charge >= 0.3 is 5.97 Å². The number of carbonyl (C=O) groups excluding carboxylic acids is 1. The largest absolute Gasteiger partial charge is 0.466 e. The van der Waals surface area contributed by atoms with Gasteiger partial charge in [-0.2, -0.15) is 4.80 Å². The van der Waals surface area contributed by atoms with Gasteiger partial charge in [-0.15, -0.1) is 10.2 Å². The SMILES string of the molecule is CCOC(=O)CCn1nnc(-c2ccccc2Cl)n1. The summed E-state index contributed by atoms with van der Waals surface area (Å²) in [5.41, 5.74) is 0.714. The molecular weight excluding hydrogens is 268 g/mol. The first kappa shape index (κ1) is 13.5. The molecule has 0 unspecified atom stereocenters. The molecule has 1 aromatic heterocycles. The number of aromatic nitrogens is 4. The Labute approximate surface area is 115 Å². The van der Waals surface area contributed by atoms with Crippen molar-refractivity contribution in [2.45, 2.75) is 19.9 Å². The van der Waals surface area contributed by atoms with Crippen LogP contribution in [0.25, 0.3) is 11.4 Å². The average molecular weight is 281 g/mol. The summed E-state index contributed by atoms with van der Waals surface area (Å²) in [5, 5.41) is 12.5. The van der Waals surface area contributed by atoms with Crippen molar-refractivity contribution in [1.82, 2.24) is 20.2 Å². The molecule has 0 aliphatic rings. The molecule has 0 amide bonds. The van der Waals surface area contributed by atoms with Crippen molar-refractivity contribution < 1.29 is 9.53 Å².